The Kier molecular flexibility index (Phi) is 5.40. The van der Waals surface area contributed by atoms with Crippen molar-refractivity contribution >= 4 is 5.97 Å². The lowest BCUT2D eigenvalue weighted by Crippen LogP contribution is -2.43. The van der Waals surface area contributed by atoms with Crippen LogP contribution in [0.25, 0.3) is 0 Å². The Morgan fingerprint density at radius 1 is 1.28 bits per heavy atom. The van der Waals surface area contributed by atoms with Crippen molar-refractivity contribution < 1.29 is 28.5 Å². The van der Waals surface area contributed by atoms with Gasteiger partial charge in [-0.15, -0.1) is 0 Å². The van der Waals surface area contributed by atoms with E-state index in [1.165, 1.54) is 6.92 Å². The summed E-state index contributed by atoms with van der Waals surface area (Å²) in [6.45, 7) is 5.80. The molecule has 0 radical (unpaired) electrons. The Hall–Kier alpha value is -2.31. The monoisotopic (exact) mass is 346 g/mol. The van der Waals surface area contributed by atoms with Gasteiger partial charge in [0, 0.05) is 18.1 Å². The van der Waals surface area contributed by atoms with E-state index < -0.39 is 6.29 Å². The van der Waals surface area contributed by atoms with Crippen LogP contribution in [-0.2, 0) is 23.7 Å². The fourth-order valence-corrected chi connectivity index (χ4v) is 2.75. The maximum Gasteiger partial charge on any atom is 0.302 e. The second kappa shape index (κ2) is 7.72. The molecule has 1 aromatic carbocycles. The lowest BCUT2D eigenvalue weighted by molar-refractivity contribution is -0.261. The topological polar surface area (TPSA) is 63.2 Å². The predicted octanol–water partition coefficient (Wildman–Crippen LogP) is 2.90. The highest BCUT2D eigenvalue weighted by Crippen LogP contribution is 2.34. The highest BCUT2D eigenvalue weighted by atomic mass is 16.7. The molecule has 2 heterocycles. The summed E-state index contributed by atoms with van der Waals surface area (Å²) in [6, 6.07) is 7.61. The van der Waals surface area contributed by atoms with Crippen molar-refractivity contribution in [3.63, 3.8) is 0 Å². The van der Waals surface area contributed by atoms with E-state index in [0.29, 0.717) is 24.4 Å². The second-order valence-corrected chi connectivity index (χ2v) is 5.96. The van der Waals surface area contributed by atoms with Gasteiger partial charge in [-0.05, 0) is 24.6 Å². The molecular formula is C19H22O6. The molecule has 2 aliphatic heterocycles. The van der Waals surface area contributed by atoms with Crippen molar-refractivity contribution in [3.8, 4) is 5.75 Å². The molecule has 6 nitrogen and oxygen atoms in total. The summed E-state index contributed by atoms with van der Waals surface area (Å²) in [5, 5.41) is 0. The van der Waals surface area contributed by atoms with Gasteiger partial charge in [0.05, 0.1) is 13.7 Å². The number of carbonyl (C=O) groups is 1. The Balaban J connectivity index is 1.60. The predicted molar refractivity (Wildman–Crippen MR) is 89.9 cm³/mol. The van der Waals surface area contributed by atoms with Gasteiger partial charge in [-0.1, -0.05) is 18.7 Å². The number of hydrogen-bond donors (Lipinski definition) is 0. The minimum atomic E-state index is -0.421. The zero-order chi connectivity index (χ0) is 17.8. The maximum absolute atomic E-state index is 10.9. The number of rotatable bonds is 5. The lowest BCUT2D eigenvalue weighted by atomic mass is 10.0. The first-order valence-electron chi connectivity index (χ1n) is 8.16. The Morgan fingerprint density at radius 2 is 2.04 bits per heavy atom. The molecule has 0 aliphatic carbocycles. The van der Waals surface area contributed by atoms with Crippen LogP contribution in [0.3, 0.4) is 0 Å². The van der Waals surface area contributed by atoms with E-state index in [1.54, 1.807) is 7.11 Å². The van der Waals surface area contributed by atoms with Gasteiger partial charge >= 0.3 is 5.97 Å². The fourth-order valence-electron chi connectivity index (χ4n) is 2.75. The third-order valence-electron chi connectivity index (χ3n) is 4.12. The van der Waals surface area contributed by atoms with Crippen LogP contribution in [0.4, 0.5) is 0 Å². The van der Waals surface area contributed by atoms with Gasteiger partial charge in [0.1, 0.15) is 30.3 Å². The molecule has 6 heteroatoms. The normalized spacial score (nSPS) is 25.2. The first-order chi connectivity index (χ1) is 12.1. The molecule has 134 valence electrons. The maximum atomic E-state index is 10.9. The van der Waals surface area contributed by atoms with Crippen LogP contribution >= 0.6 is 0 Å². The zero-order valence-electron chi connectivity index (χ0n) is 14.4. The number of carbonyl (C=O) groups excluding carboxylic acids is 1. The number of ether oxygens (including phenoxy) is 5. The molecule has 0 spiro atoms. The lowest BCUT2D eigenvalue weighted by Gasteiger charge is -2.39. The first kappa shape index (κ1) is 17.5. The summed E-state index contributed by atoms with van der Waals surface area (Å²) < 4.78 is 27.9. The molecule has 0 aromatic heterocycles. The molecule has 0 unspecified atom stereocenters. The van der Waals surface area contributed by atoms with Crippen molar-refractivity contribution in [3.05, 3.63) is 53.8 Å². The molecule has 0 saturated carbocycles. The van der Waals surface area contributed by atoms with Crippen LogP contribution in [0.1, 0.15) is 25.2 Å². The number of hydrogen-bond acceptors (Lipinski definition) is 6. The Bertz CT molecular complexity index is 663. The van der Waals surface area contributed by atoms with E-state index >= 15 is 0 Å². The Labute approximate surface area is 147 Å². The van der Waals surface area contributed by atoms with E-state index in [-0.39, 0.29) is 24.8 Å². The quantitative estimate of drug-likeness (QED) is 0.764. The molecule has 3 atom stereocenters. The minimum absolute atomic E-state index is 0.0915. The summed E-state index contributed by atoms with van der Waals surface area (Å²) in [5.41, 5.74) is 1.57. The van der Waals surface area contributed by atoms with Crippen LogP contribution in [0.15, 0.2) is 48.3 Å². The average molecular weight is 346 g/mol. The minimum Gasteiger partial charge on any atom is -0.497 e. The zero-order valence-corrected chi connectivity index (χ0v) is 14.4. The molecule has 3 rings (SSSR count). The van der Waals surface area contributed by atoms with Gasteiger partial charge in [0.2, 0.25) is 0 Å². The fraction of sp³-hybridized carbons (Fsp3) is 0.421. The SMILES string of the molecule is C=C(COC(C)=O)C1=CC[C@@H]2O[C@H](c3ccc(OC)cc3)OC[C@H]2O1. The van der Waals surface area contributed by atoms with Crippen molar-refractivity contribution in [2.75, 3.05) is 20.3 Å². The van der Waals surface area contributed by atoms with E-state index in [1.807, 2.05) is 30.3 Å². The third kappa shape index (κ3) is 4.21. The summed E-state index contributed by atoms with van der Waals surface area (Å²) in [4.78, 5) is 10.9. The summed E-state index contributed by atoms with van der Waals surface area (Å²) >= 11 is 0. The van der Waals surface area contributed by atoms with E-state index in [0.717, 1.165) is 11.3 Å². The number of methoxy groups -OCH3 is 1. The van der Waals surface area contributed by atoms with Crippen LogP contribution in [-0.4, -0.2) is 38.5 Å². The van der Waals surface area contributed by atoms with Gasteiger partial charge in [-0.25, -0.2) is 0 Å². The molecule has 0 N–H and O–H groups in total. The highest BCUT2D eigenvalue weighted by Gasteiger charge is 2.36. The second-order valence-electron chi connectivity index (χ2n) is 5.96. The molecule has 25 heavy (non-hydrogen) atoms. The molecule has 1 saturated heterocycles. The smallest absolute Gasteiger partial charge is 0.302 e. The van der Waals surface area contributed by atoms with Gasteiger partial charge in [0.15, 0.2) is 6.29 Å². The summed E-state index contributed by atoms with van der Waals surface area (Å²) in [7, 11) is 1.63. The highest BCUT2D eigenvalue weighted by molar-refractivity contribution is 5.66. The van der Waals surface area contributed by atoms with Gasteiger partial charge in [-0.3, -0.25) is 4.79 Å². The van der Waals surface area contributed by atoms with Gasteiger partial charge in [-0.2, -0.15) is 0 Å². The van der Waals surface area contributed by atoms with Crippen molar-refractivity contribution in [2.24, 2.45) is 0 Å². The first-order valence-corrected chi connectivity index (χ1v) is 8.16. The average Bonchev–Trinajstić information content (AvgIpc) is 2.65. The molecule has 1 aromatic rings. The van der Waals surface area contributed by atoms with Crippen LogP contribution in [0.2, 0.25) is 0 Å². The molecule has 0 bridgehead atoms. The number of esters is 1. The Morgan fingerprint density at radius 3 is 2.72 bits per heavy atom. The number of benzene rings is 1. The molecule has 1 fully saturated rings. The summed E-state index contributed by atoms with van der Waals surface area (Å²) in [5.74, 6) is 1.08. The van der Waals surface area contributed by atoms with E-state index in [2.05, 4.69) is 6.58 Å². The van der Waals surface area contributed by atoms with Crippen LogP contribution in [0.5, 0.6) is 5.75 Å². The number of fused-ring (bicyclic) bond motifs is 1. The van der Waals surface area contributed by atoms with Gasteiger partial charge < -0.3 is 23.7 Å². The third-order valence-corrected chi connectivity index (χ3v) is 4.12. The molecule has 0 amide bonds. The molecular weight excluding hydrogens is 324 g/mol. The van der Waals surface area contributed by atoms with Crippen LogP contribution in [0, 0.1) is 0 Å². The largest absolute Gasteiger partial charge is 0.497 e. The standard InChI is InChI=1S/C19H22O6/c1-12(10-22-13(2)20)16-8-9-17-18(24-16)11-23-19(25-17)14-4-6-15(21-3)7-5-14/h4-8,17-19H,1,9-11H2,2-3H3/t17-,18+,19+/m0/s1. The van der Waals surface area contributed by atoms with Crippen molar-refractivity contribution in [1.82, 2.24) is 0 Å². The van der Waals surface area contributed by atoms with E-state index in [9.17, 15) is 4.79 Å². The summed E-state index contributed by atoms with van der Waals surface area (Å²) in [6.07, 6.45) is 1.89. The van der Waals surface area contributed by atoms with Crippen LogP contribution < -0.4 is 4.74 Å². The van der Waals surface area contributed by atoms with Crippen molar-refractivity contribution in [2.45, 2.75) is 31.8 Å². The van der Waals surface area contributed by atoms with E-state index in [4.69, 9.17) is 23.7 Å². The van der Waals surface area contributed by atoms with Crippen molar-refractivity contribution in [1.29, 1.82) is 0 Å². The van der Waals surface area contributed by atoms with Gasteiger partial charge in [0.25, 0.3) is 0 Å². The molecule has 2 aliphatic rings.